The SMILES string of the molecule is CCOc1ccc(S(=O)(=O)N2CCN(C(=O)Cn3nc(C)c4c(C(F)(F)F)cc(C)nc43)CC2)cc1. The van der Waals surface area contributed by atoms with E-state index < -0.39 is 21.8 Å². The van der Waals surface area contributed by atoms with Gasteiger partial charge in [0.25, 0.3) is 0 Å². The number of pyridine rings is 1. The largest absolute Gasteiger partial charge is 0.494 e. The highest BCUT2D eigenvalue weighted by Crippen LogP contribution is 2.36. The smallest absolute Gasteiger partial charge is 0.417 e. The minimum Gasteiger partial charge on any atom is -0.494 e. The molecule has 0 atom stereocenters. The number of carbonyl (C=O) groups is 1. The normalized spacial score (nSPS) is 15.4. The Bertz CT molecular complexity index is 1380. The first-order valence-corrected chi connectivity index (χ1v) is 12.8. The first-order chi connectivity index (χ1) is 16.9. The minimum absolute atomic E-state index is 0.00936. The van der Waals surface area contributed by atoms with Gasteiger partial charge in [0.15, 0.2) is 5.65 Å². The summed E-state index contributed by atoms with van der Waals surface area (Å²) >= 11 is 0. The van der Waals surface area contributed by atoms with Crippen LogP contribution < -0.4 is 4.74 Å². The van der Waals surface area contributed by atoms with Gasteiger partial charge < -0.3 is 9.64 Å². The Kier molecular flexibility index (Phi) is 6.97. The van der Waals surface area contributed by atoms with E-state index in [1.165, 1.54) is 39.9 Å². The van der Waals surface area contributed by atoms with Crippen molar-refractivity contribution in [3.63, 3.8) is 0 Å². The van der Waals surface area contributed by atoms with Crippen molar-refractivity contribution >= 4 is 27.0 Å². The molecule has 0 unspecified atom stereocenters. The van der Waals surface area contributed by atoms with Crippen LogP contribution in [0, 0.1) is 13.8 Å². The highest BCUT2D eigenvalue weighted by atomic mass is 32.2. The topological polar surface area (TPSA) is 97.6 Å². The van der Waals surface area contributed by atoms with Crippen molar-refractivity contribution < 1.29 is 31.1 Å². The van der Waals surface area contributed by atoms with E-state index in [0.29, 0.717) is 12.4 Å². The summed E-state index contributed by atoms with van der Waals surface area (Å²) in [4.78, 5) is 18.8. The first kappa shape index (κ1) is 25.9. The molecule has 2 aromatic heterocycles. The molecule has 0 spiro atoms. The van der Waals surface area contributed by atoms with Crippen LogP contribution in [0.1, 0.15) is 23.9 Å². The fraction of sp³-hybridized carbons (Fsp3) is 0.435. The van der Waals surface area contributed by atoms with E-state index in [2.05, 4.69) is 10.1 Å². The number of aromatic nitrogens is 3. The Balaban J connectivity index is 1.46. The average molecular weight is 526 g/mol. The lowest BCUT2D eigenvalue weighted by atomic mass is 10.1. The Labute approximate surface area is 206 Å². The number of rotatable bonds is 6. The maximum atomic E-state index is 13.6. The van der Waals surface area contributed by atoms with Crippen molar-refractivity contribution in [3.8, 4) is 5.75 Å². The number of hydrogen-bond acceptors (Lipinski definition) is 6. The van der Waals surface area contributed by atoms with E-state index in [9.17, 15) is 26.4 Å². The van der Waals surface area contributed by atoms with Crippen molar-refractivity contribution in [3.05, 3.63) is 47.3 Å². The van der Waals surface area contributed by atoms with Gasteiger partial charge >= 0.3 is 6.18 Å². The van der Waals surface area contributed by atoms with Gasteiger partial charge in [-0.25, -0.2) is 18.1 Å². The molecule has 0 bridgehead atoms. The van der Waals surface area contributed by atoms with Gasteiger partial charge in [0.1, 0.15) is 12.3 Å². The van der Waals surface area contributed by atoms with Gasteiger partial charge in [0, 0.05) is 31.9 Å². The predicted octanol–water partition coefficient (Wildman–Crippen LogP) is 3.00. The lowest BCUT2D eigenvalue weighted by molar-refractivity contribution is -0.136. The standard InChI is InChI=1S/C23H26F3N5O4S/c1-4-35-17-5-7-18(8-6-17)36(33,34)30-11-9-29(10-12-30)20(32)14-31-22-21(16(3)28-31)19(23(24,25)26)13-15(2)27-22/h5-8,13H,4,9-12,14H2,1-3H3. The molecule has 0 N–H and O–H groups in total. The first-order valence-electron chi connectivity index (χ1n) is 11.3. The zero-order valence-corrected chi connectivity index (χ0v) is 20.9. The molecule has 194 valence electrons. The third-order valence-electron chi connectivity index (χ3n) is 5.96. The number of fused-ring (bicyclic) bond motifs is 1. The van der Waals surface area contributed by atoms with E-state index in [0.717, 1.165) is 6.07 Å². The van der Waals surface area contributed by atoms with Crippen molar-refractivity contribution in [2.75, 3.05) is 32.8 Å². The molecule has 13 heteroatoms. The molecule has 1 aliphatic heterocycles. The number of halogens is 3. The summed E-state index contributed by atoms with van der Waals surface area (Å²) < 4.78 is 74.5. The third kappa shape index (κ3) is 5.03. The molecule has 4 rings (SSSR count). The van der Waals surface area contributed by atoms with Crippen LogP contribution in [0.15, 0.2) is 35.2 Å². The highest BCUT2D eigenvalue weighted by Gasteiger charge is 2.36. The monoisotopic (exact) mass is 525 g/mol. The Morgan fingerprint density at radius 2 is 1.72 bits per heavy atom. The molecule has 0 aliphatic carbocycles. The maximum absolute atomic E-state index is 13.6. The summed E-state index contributed by atoms with van der Waals surface area (Å²) in [5.74, 6) is 0.190. The van der Waals surface area contributed by atoms with Crippen molar-refractivity contribution in [2.24, 2.45) is 0 Å². The third-order valence-corrected chi connectivity index (χ3v) is 7.87. The zero-order chi connectivity index (χ0) is 26.3. The summed E-state index contributed by atoms with van der Waals surface area (Å²) in [6.07, 6.45) is -4.58. The fourth-order valence-electron chi connectivity index (χ4n) is 4.24. The molecule has 36 heavy (non-hydrogen) atoms. The summed E-state index contributed by atoms with van der Waals surface area (Å²) in [7, 11) is -3.75. The van der Waals surface area contributed by atoms with Crippen LogP contribution in [0.25, 0.3) is 11.0 Å². The number of alkyl halides is 3. The second-order valence-corrected chi connectivity index (χ2v) is 10.4. The lowest BCUT2D eigenvalue weighted by Gasteiger charge is -2.34. The number of hydrogen-bond donors (Lipinski definition) is 0. The molecule has 1 fully saturated rings. The zero-order valence-electron chi connectivity index (χ0n) is 20.0. The van der Waals surface area contributed by atoms with Gasteiger partial charge in [0.2, 0.25) is 15.9 Å². The molecule has 0 saturated carbocycles. The van der Waals surface area contributed by atoms with Crippen molar-refractivity contribution in [1.82, 2.24) is 24.0 Å². The van der Waals surface area contributed by atoms with E-state index in [1.54, 1.807) is 12.1 Å². The van der Waals surface area contributed by atoms with Crippen molar-refractivity contribution in [2.45, 2.75) is 38.4 Å². The summed E-state index contributed by atoms with van der Waals surface area (Å²) in [5.41, 5.74) is -0.556. The van der Waals surface area contributed by atoms with Gasteiger partial charge in [-0.1, -0.05) is 0 Å². The summed E-state index contributed by atoms with van der Waals surface area (Å²) in [6.45, 7) is 5.37. The van der Waals surface area contributed by atoms with Crippen LogP contribution in [0.3, 0.4) is 0 Å². The molecule has 1 amide bonds. The van der Waals surface area contributed by atoms with Crippen LogP contribution in [0.5, 0.6) is 5.75 Å². The van der Waals surface area contributed by atoms with Gasteiger partial charge in [-0.05, 0) is 51.1 Å². The molecule has 1 aromatic carbocycles. The van der Waals surface area contributed by atoms with Crippen LogP contribution in [0.4, 0.5) is 13.2 Å². The van der Waals surface area contributed by atoms with E-state index >= 15 is 0 Å². The number of ether oxygens (including phenoxy) is 1. The molecular weight excluding hydrogens is 499 g/mol. The average Bonchev–Trinajstić information content (AvgIpc) is 3.13. The van der Waals surface area contributed by atoms with E-state index in [4.69, 9.17) is 4.74 Å². The van der Waals surface area contributed by atoms with Crippen LogP contribution in [-0.4, -0.2) is 71.1 Å². The number of nitrogens with zero attached hydrogens (tertiary/aromatic N) is 5. The lowest BCUT2D eigenvalue weighted by Crippen LogP contribution is -2.51. The second kappa shape index (κ2) is 9.69. The number of benzene rings is 1. The minimum atomic E-state index is -4.58. The number of amides is 1. The van der Waals surface area contributed by atoms with Crippen LogP contribution in [-0.2, 0) is 27.5 Å². The molecule has 1 aliphatic rings. The maximum Gasteiger partial charge on any atom is 0.417 e. The van der Waals surface area contributed by atoms with E-state index in [1.807, 2.05) is 6.92 Å². The fourth-order valence-corrected chi connectivity index (χ4v) is 5.66. The van der Waals surface area contributed by atoms with Gasteiger partial charge in [-0.2, -0.15) is 22.6 Å². The summed E-state index contributed by atoms with van der Waals surface area (Å²) in [5, 5.41) is 4.01. The van der Waals surface area contributed by atoms with Gasteiger partial charge in [0.05, 0.1) is 28.1 Å². The second-order valence-electron chi connectivity index (χ2n) is 8.44. The number of carbonyl (C=O) groups excluding carboxylic acids is 1. The van der Waals surface area contributed by atoms with Crippen LogP contribution >= 0.6 is 0 Å². The van der Waals surface area contributed by atoms with E-state index in [-0.39, 0.29) is 65.9 Å². The summed E-state index contributed by atoms with van der Waals surface area (Å²) in [6, 6.07) is 7.10. The highest BCUT2D eigenvalue weighted by molar-refractivity contribution is 7.89. The Morgan fingerprint density at radius 1 is 1.08 bits per heavy atom. The van der Waals surface area contributed by atoms with Crippen LogP contribution in [0.2, 0.25) is 0 Å². The molecule has 3 aromatic rings. The molecule has 3 heterocycles. The number of piperazine rings is 1. The quantitative estimate of drug-likeness (QED) is 0.491. The van der Waals surface area contributed by atoms with Gasteiger partial charge in [-0.3, -0.25) is 4.79 Å². The Morgan fingerprint density at radius 3 is 2.31 bits per heavy atom. The Hall–Kier alpha value is -3.19. The molecule has 0 radical (unpaired) electrons. The molecule has 1 saturated heterocycles. The molecular formula is C23H26F3N5O4S. The van der Waals surface area contributed by atoms with Gasteiger partial charge in [-0.15, -0.1) is 0 Å². The van der Waals surface area contributed by atoms with Crippen molar-refractivity contribution in [1.29, 1.82) is 0 Å². The molecule has 9 nitrogen and oxygen atoms in total. The number of aryl methyl sites for hydroxylation is 2. The number of sulfonamides is 1. The predicted molar refractivity (Wildman–Crippen MR) is 125 cm³/mol.